The molecule has 0 aromatic carbocycles. The van der Waals surface area contributed by atoms with E-state index in [4.69, 9.17) is 18.6 Å². The lowest BCUT2D eigenvalue weighted by atomic mass is 9.79. The Morgan fingerprint density at radius 3 is 1.79 bits per heavy atom. The van der Waals surface area contributed by atoms with Crippen LogP contribution in [0.2, 0.25) is 0 Å². The maximum Gasteiger partial charge on any atom is 0.501 e. The lowest BCUT2D eigenvalue weighted by molar-refractivity contribution is 0.00578. The molecule has 1 saturated carbocycles. The van der Waals surface area contributed by atoms with Crippen molar-refractivity contribution in [1.29, 1.82) is 0 Å². The Bertz CT molecular complexity index is 584. The van der Waals surface area contributed by atoms with Crippen molar-refractivity contribution in [3.8, 4) is 0 Å². The first-order chi connectivity index (χ1) is 10.8. The van der Waals surface area contributed by atoms with Crippen molar-refractivity contribution in [2.75, 3.05) is 0 Å². The molecule has 4 rings (SSSR count). The van der Waals surface area contributed by atoms with E-state index in [2.05, 4.69) is 61.5 Å². The Morgan fingerprint density at radius 1 is 0.833 bits per heavy atom. The monoisotopic (exact) mass is 350 g/mol. The molecule has 0 aromatic heterocycles. The first kappa shape index (κ1) is 17.5. The molecule has 132 valence electrons. The standard InChI is InChI=1S/C17H28B2O4S/c1-13(2)14(3,4)21-18(20-13)12-9-11-10-17(11,24-12)19-22-15(5,6)16(7,8)23-19/h9,11H,10H2,1-8H3. The zero-order valence-electron chi connectivity index (χ0n) is 16.1. The molecule has 3 fully saturated rings. The van der Waals surface area contributed by atoms with Gasteiger partial charge in [0.15, 0.2) is 0 Å². The molecule has 0 spiro atoms. The molecular weight excluding hydrogens is 322 g/mol. The van der Waals surface area contributed by atoms with Gasteiger partial charge in [0.25, 0.3) is 0 Å². The molecule has 2 unspecified atom stereocenters. The van der Waals surface area contributed by atoms with Gasteiger partial charge in [-0.2, -0.15) is 0 Å². The van der Waals surface area contributed by atoms with Gasteiger partial charge in [-0.1, -0.05) is 6.08 Å². The number of rotatable bonds is 2. The number of allylic oxidation sites excluding steroid dienone is 1. The van der Waals surface area contributed by atoms with E-state index in [0.717, 1.165) is 6.42 Å². The van der Waals surface area contributed by atoms with Crippen LogP contribution in [0.3, 0.4) is 0 Å². The second-order valence-corrected chi connectivity index (χ2v) is 11.0. The van der Waals surface area contributed by atoms with E-state index in [0.29, 0.717) is 5.92 Å². The number of hydrogen-bond donors (Lipinski definition) is 0. The number of thioether (sulfide) groups is 1. The second-order valence-electron chi connectivity index (χ2n) is 9.61. The first-order valence-electron chi connectivity index (χ1n) is 8.92. The summed E-state index contributed by atoms with van der Waals surface area (Å²) in [5.41, 5.74) is -1.17. The van der Waals surface area contributed by atoms with E-state index in [1.165, 1.54) is 4.80 Å². The summed E-state index contributed by atoms with van der Waals surface area (Å²) >= 11 is 1.85. The van der Waals surface area contributed by atoms with Crippen molar-refractivity contribution < 1.29 is 18.6 Å². The molecule has 4 aliphatic rings. The predicted octanol–water partition coefficient (Wildman–Crippen LogP) is 3.64. The van der Waals surface area contributed by atoms with Crippen LogP contribution in [0, 0.1) is 5.92 Å². The minimum absolute atomic E-state index is 0.00394. The van der Waals surface area contributed by atoms with Gasteiger partial charge in [0, 0.05) is 4.80 Å². The largest absolute Gasteiger partial charge is 0.501 e. The van der Waals surface area contributed by atoms with E-state index < -0.39 is 0 Å². The average molecular weight is 350 g/mol. The van der Waals surface area contributed by atoms with Gasteiger partial charge >= 0.3 is 14.2 Å². The molecule has 3 aliphatic heterocycles. The van der Waals surface area contributed by atoms with Crippen molar-refractivity contribution >= 4 is 26.0 Å². The van der Waals surface area contributed by atoms with Crippen LogP contribution >= 0.6 is 11.8 Å². The van der Waals surface area contributed by atoms with Gasteiger partial charge in [0.2, 0.25) is 0 Å². The van der Waals surface area contributed by atoms with Crippen LogP contribution in [0.5, 0.6) is 0 Å². The lowest BCUT2D eigenvalue weighted by Crippen LogP contribution is -2.41. The summed E-state index contributed by atoms with van der Waals surface area (Å²) in [7, 11) is -0.444. The van der Waals surface area contributed by atoms with E-state index in [9.17, 15) is 0 Å². The van der Waals surface area contributed by atoms with E-state index >= 15 is 0 Å². The summed E-state index contributed by atoms with van der Waals surface area (Å²) in [4.78, 5) is 1.18. The summed E-state index contributed by atoms with van der Waals surface area (Å²) in [5.74, 6) is 0.492. The maximum atomic E-state index is 6.33. The van der Waals surface area contributed by atoms with Gasteiger partial charge in [0.1, 0.15) is 0 Å². The topological polar surface area (TPSA) is 36.9 Å². The zero-order valence-corrected chi connectivity index (χ0v) is 16.9. The minimum Gasteiger partial charge on any atom is -0.402 e. The summed E-state index contributed by atoms with van der Waals surface area (Å²) in [6.45, 7) is 16.8. The van der Waals surface area contributed by atoms with Crippen LogP contribution in [-0.4, -0.2) is 41.3 Å². The molecule has 0 N–H and O–H groups in total. The molecule has 2 atom stereocenters. The Balaban J connectivity index is 1.49. The fourth-order valence-corrected chi connectivity index (χ4v) is 5.04. The molecule has 7 heteroatoms. The zero-order chi connectivity index (χ0) is 17.8. The van der Waals surface area contributed by atoms with Gasteiger partial charge in [-0.15, -0.1) is 11.8 Å². The number of hydrogen-bond acceptors (Lipinski definition) is 5. The van der Waals surface area contributed by atoms with Crippen LogP contribution < -0.4 is 0 Å². The van der Waals surface area contributed by atoms with Crippen molar-refractivity contribution in [3.05, 3.63) is 10.9 Å². The highest BCUT2D eigenvalue weighted by atomic mass is 32.2. The van der Waals surface area contributed by atoms with Crippen LogP contribution in [-0.2, 0) is 18.6 Å². The van der Waals surface area contributed by atoms with Gasteiger partial charge in [-0.3, -0.25) is 0 Å². The highest BCUT2D eigenvalue weighted by Gasteiger charge is 2.73. The molecule has 0 aromatic rings. The van der Waals surface area contributed by atoms with Crippen molar-refractivity contribution in [2.45, 2.75) is 88.9 Å². The SMILES string of the molecule is CC1(C)OB(C2=CC3CC3(B3OC(C)(C)C(C)(C)O3)S2)OC1(C)C. The predicted molar refractivity (Wildman–Crippen MR) is 98.7 cm³/mol. The summed E-state index contributed by atoms with van der Waals surface area (Å²) in [5, 5.41) is 0. The van der Waals surface area contributed by atoms with E-state index in [-0.39, 0.29) is 41.3 Å². The summed E-state index contributed by atoms with van der Waals surface area (Å²) in [6, 6.07) is 0. The van der Waals surface area contributed by atoms with Gasteiger partial charge < -0.3 is 18.6 Å². The van der Waals surface area contributed by atoms with Gasteiger partial charge in [0.05, 0.1) is 27.1 Å². The molecule has 0 radical (unpaired) electrons. The molecule has 0 bridgehead atoms. The van der Waals surface area contributed by atoms with Crippen LogP contribution in [0.25, 0.3) is 0 Å². The molecule has 4 nitrogen and oxygen atoms in total. The molecular formula is C17H28B2O4S. The Labute approximate surface area is 150 Å². The molecule has 0 amide bonds. The van der Waals surface area contributed by atoms with Crippen molar-refractivity contribution in [1.82, 2.24) is 0 Å². The Kier molecular flexibility index (Phi) is 3.39. The van der Waals surface area contributed by atoms with E-state index in [1.54, 1.807) is 0 Å². The van der Waals surface area contributed by atoms with E-state index in [1.807, 2.05) is 11.8 Å². The second kappa shape index (κ2) is 4.66. The summed E-state index contributed by atoms with van der Waals surface area (Å²) < 4.78 is 25.1. The van der Waals surface area contributed by atoms with Crippen molar-refractivity contribution in [3.63, 3.8) is 0 Å². The highest BCUT2D eigenvalue weighted by Crippen LogP contribution is 2.67. The quantitative estimate of drug-likeness (QED) is 0.711. The minimum atomic E-state index is -0.302. The molecule has 1 aliphatic carbocycles. The normalized spacial score (nSPS) is 40.7. The van der Waals surface area contributed by atoms with Gasteiger partial charge in [-0.25, -0.2) is 0 Å². The first-order valence-corrected chi connectivity index (χ1v) is 9.73. The summed E-state index contributed by atoms with van der Waals surface area (Å²) in [6.07, 6.45) is 3.43. The van der Waals surface area contributed by atoms with Gasteiger partial charge in [-0.05, 0) is 67.7 Å². The smallest absolute Gasteiger partial charge is 0.402 e. The molecule has 3 heterocycles. The third-order valence-electron chi connectivity index (χ3n) is 6.82. The van der Waals surface area contributed by atoms with Crippen LogP contribution in [0.4, 0.5) is 0 Å². The Hall–Kier alpha value is 0.0599. The van der Waals surface area contributed by atoms with Crippen LogP contribution in [0.15, 0.2) is 10.9 Å². The maximum absolute atomic E-state index is 6.33. The average Bonchev–Trinajstić information content (AvgIpc) is 2.77. The lowest BCUT2D eigenvalue weighted by Gasteiger charge is -2.32. The third-order valence-corrected chi connectivity index (χ3v) is 8.42. The highest BCUT2D eigenvalue weighted by molar-refractivity contribution is 8.08. The Morgan fingerprint density at radius 2 is 1.29 bits per heavy atom. The fourth-order valence-electron chi connectivity index (χ4n) is 3.50. The fraction of sp³-hybridized carbons (Fsp3) is 0.882. The number of fused-ring (bicyclic) bond motifs is 1. The third kappa shape index (κ3) is 2.24. The molecule has 24 heavy (non-hydrogen) atoms. The molecule has 2 saturated heterocycles. The van der Waals surface area contributed by atoms with Crippen LogP contribution in [0.1, 0.15) is 61.8 Å². The van der Waals surface area contributed by atoms with Crippen molar-refractivity contribution in [2.24, 2.45) is 5.92 Å².